The fourth-order valence-electron chi connectivity index (χ4n) is 3.77. The minimum atomic E-state index is -0.470. The van der Waals surface area contributed by atoms with Crippen LogP contribution >= 0.6 is 24.0 Å². The predicted molar refractivity (Wildman–Crippen MR) is 125 cm³/mol. The van der Waals surface area contributed by atoms with Gasteiger partial charge in [0.15, 0.2) is 5.96 Å². The molecular formula is C20H39IN4O4. The number of guanidine groups is 1. The van der Waals surface area contributed by atoms with E-state index in [4.69, 9.17) is 9.47 Å². The van der Waals surface area contributed by atoms with Crippen LogP contribution in [0.2, 0.25) is 0 Å². The summed E-state index contributed by atoms with van der Waals surface area (Å²) in [5.41, 5.74) is -0.493. The average Bonchev–Trinajstić information content (AvgIpc) is 3.10. The highest BCUT2D eigenvalue weighted by Crippen LogP contribution is 2.31. The van der Waals surface area contributed by atoms with Gasteiger partial charge in [0.2, 0.25) is 0 Å². The first kappa shape index (κ1) is 26.2. The molecule has 2 atom stereocenters. The number of carbonyl (C=O) groups is 1. The van der Waals surface area contributed by atoms with Gasteiger partial charge in [-0.15, -0.1) is 24.0 Å². The normalized spacial score (nSPS) is 25.3. The Hall–Kier alpha value is -0.810. The quantitative estimate of drug-likeness (QED) is 0.279. The molecule has 29 heavy (non-hydrogen) atoms. The molecular weight excluding hydrogens is 487 g/mol. The van der Waals surface area contributed by atoms with Crippen LogP contribution in [0.5, 0.6) is 0 Å². The van der Waals surface area contributed by atoms with Crippen molar-refractivity contribution >= 4 is 36.0 Å². The Balaban J connectivity index is 0.00000420. The van der Waals surface area contributed by atoms with Gasteiger partial charge in [-0.05, 0) is 52.4 Å². The van der Waals surface area contributed by atoms with Gasteiger partial charge in [-0.1, -0.05) is 0 Å². The largest absolute Gasteiger partial charge is 0.444 e. The van der Waals surface area contributed by atoms with Crippen LogP contribution in [0.4, 0.5) is 4.79 Å². The van der Waals surface area contributed by atoms with Gasteiger partial charge in [0.05, 0.1) is 6.61 Å². The van der Waals surface area contributed by atoms with E-state index in [-0.39, 0.29) is 42.1 Å². The second kappa shape index (κ2) is 12.1. The van der Waals surface area contributed by atoms with Crippen molar-refractivity contribution in [2.75, 3.05) is 53.0 Å². The topological polar surface area (TPSA) is 95.4 Å². The number of carbonyl (C=O) groups excluding carboxylic acids is 1. The summed E-state index contributed by atoms with van der Waals surface area (Å²) in [6, 6.07) is 0. The number of hydrogen-bond donors (Lipinski definition) is 3. The van der Waals surface area contributed by atoms with Crippen LogP contribution < -0.4 is 10.6 Å². The summed E-state index contributed by atoms with van der Waals surface area (Å²) < 4.78 is 11.0. The lowest BCUT2D eigenvalue weighted by Gasteiger charge is -2.34. The molecule has 2 fully saturated rings. The fourth-order valence-corrected chi connectivity index (χ4v) is 3.77. The molecule has 2 aliphatic heterocycles. The Kier molecular flexibility index (Phi) is 11.0. The Morgan fingerprint density at radius 2 is 2.14 bits per heavy atom. The van der Waals surface area contributed by atoms with Gasteiger partial charge in [0, 0.05) is 51.9 Å². The van der Waals surface area contributed by atoms with Crippen molar-refractivity contribution in [3.63, 3.8) is 0 Å². The highest BCUT2D eigenvalue weighted by atomic mass is 127. The maximum Gasteiger partial charge on any atom is 0.410 e. The highest BCUT2D eigenvalue weighted by molar-refractivity contribution is 14.0. The SMILES string of the molecule is CN=C(NCC1CCCN(C(=O)OC(C)(C)C)C1)NCC1(CCO)CCOC1.I. The summed E-state index contributed by atoms with van der Waals surface area (Å²) in [5, 5.41) is 16.1. The summed E-state index contributed by atoms with van der Waals surface area (Å²) in [5.74, 6) is 1.11. The number of hydrogen-bond acceptors (Lipinski definition) is 5. The molecule has 2 unspecified atom stereocenters. The molecule has 2 heterocycles. The van der Waals surface area contributed by atoms with Gasteiger partial charge in [0.1, 0.15) is 5.60 Å². The smallest absolute Gasteiger partial charge is 0.410 e. The standard InChI is InChI=1S/C20H38N4O4.HI/c1-19(2,3)28-18(26)24-9-5-6-16(13-24)12-22-17(21-4)23-14-20(7-10-25)8-11-27-15-20;/h16,25H,5-15H2,1-4H3,(H2,21,22,23);1H. The third-order valence-electron chi connectivity index (χ3n) is 5.41. The Bertz CT molecular complexity index is 533. The summed E-state index contributed by atoms with van der Waals surface area (Å²) in [7, 11) is 1.76. The second-order valence-electron chi connectivity index (χ2n) is 9.02. The first-order valence-electron chi connectivity index (χ1n) is 10.4. The lowest BCUT2D eigenvalue weighted by atomic mass is 9.84. The van der Waals surface area contributed by atoms with Crippen LogP contribution in [0.15, 0.2) is 4.99 Å². The minimum Gasteiger partial charge on any atom is -0.444 e. The van der Waals surface area contributed by atoms with E-state index in [1.54, 1.807) is 7.05 Å². The zero-order chi connectivity index (χ0) is 20.6. The fraction of sp³-hybridized carbons (Fsp3) is 0.900. The van der Waals surface area contributed by atoms with Crippen LogP contribution in [0.3, 0.4) is 0 Å². The molecule has 2 saturated heterocycles. The molecule has 0 aliphatic carbocycles. The van der Waals surface area contributed by atoms with Crippen molar-refractivity contribution in [3.05, 3.63) is 0 Å². The maximum absolute atomic E-state index is 12.3. The van der Waals surface area contributed by atoms with Gasteiger partial charge < -0.3 is 30.1 Å². The second-order valence-corrected chi connectivity index (χ2v) is 9.02. The molecule has 0 bridgehead atoms. The Morgan fingerprint density at radius 3 is 2.72 bits per heavy atom. The number of nitrogens with one attached hydrogen (secondary N) is 2. The number of amides is 1. The molecule has 0 aromatic carbocycles. The average molecular weight is 526 g/mol. The molecule has 2 aliphatic rings. The number of piperidine rings is 1. The molecule has 0 aromatic heterocycles. The van der Waals surface area contributed by atoms with Crippen molar-refractivity contribution in [2.45, 2.75) is 52.1 Å². The van der Waals surface area contributed by atoms with Crippen molar-refractivity contribution in [1.29, 1.82) is 0 Å². The highest BCUT2D eigenvalue weighted by Gasteiger charge is 2.34. The molecule has 0 radical (unpaired) electrons. The van der Waals surface area contributed by atoms with E-state index in [0.29, 0.717) is 19.1 Å². The summed E-state index contributed by atoms with van der Waals surface area (Å²) in [4.78, 5) is 18.4. The number of nitrogens with zero attached hydrogens (tertiary/aromatic N) is 2. The number of ether oxygens (including phenoxy) is 2. The zero-order valence-electron chi connectivity index (χ0n) is 18.3. The number of likely N-dealkylation sites (tertiary alicyclic amines) is 1. The molecule has 1 amide bonds. The molecule has 9 heteroatoms. The molecule has 8 nitrogen and oxygen atoms in total. The van der Waals surface area contributed by atoms with Crippen molar-refractivity contribution in [3.8, 4) is 0 Å². The molecule has 2 rings (SSSR count). The third-order valence-corrected chi connectivity index (χ3v) is 5.41. The van der Waals surface area contributed by atoms with E-state index in [1.807, 2.05) is 25.7 Å². The lowest BCUT2D eigenvalue weighted by Crippen LogP contribution is -2.48. The van der Waals surface area contributed by atoms with Crippen LogP contribution in [0.25, 0.3) is 0 Å². The molecule has 0 aromatic rings. The number of rotatable bonds is 6. The van der Waals surface area contributed by atoms with Gasteiger partial charge in [-0.25, -0.2) is 4.79 Å². The Labute approximate surface area is 192 Å². The van der Waals surface area contributed by atoms with Crippen molar-refractivity contribution in [1.82, 2.24) is 15.5 Å². The first-order chi connectivity index (χ1) is 13.3. The van der Waals surface area contributed by atoms with Crippen LogP contribution in [0.1, 0.15) is 46.5 Å². The monoisotopic (exact) mass is 526 g/mol. The van der Waals surface area contributed by atoms with Gasteiger partial charge in [-0.2, -0.15) is 0 Å². The number of aliphatic hydroxyl groups excluding tert-OH is 1. The van der Waals surface area contributed by atoms with E-state index >= 15 is 0 Å². The summed E-state index contributed by atoms with van der Waals surface area (Å²) in [6.07, 6.45) is 3.50. The number of halogens is 1. The lowest BCUT2D eigenvalue weighted by molar-refractivity contribution is 0.0168. The summed E-state index contributed by atoms with van der Waals surface area (Å²) >= 11 is 0. The van der Waals surface area contributed by atoms with Crippen LogP contribution in [-0.4, -0.2) is 80.7 Å². The van der Waals surface area contributed by atoms with Crippen molar-refractivity contribution in [2.24, 2.45) is 16.3 Å². The molecule has 170 valence electrons. The predicted octanol–water partition coefficient (Wildman–Crippen LogP) is 2.21. The first-order valence-corrected chi connectivity index (χ1v) is 10.4. The van der Waals surface area contributed by atoms with Crippen LogP contribution in [0, 0.1) is 11.3 Å². The van der Waals surface area contributed by atoms with E-state index in [0.717, 1.165) is 57.9 Å². The molecule has 0 spiro atoms. The third kappa shape index (κ3) is 8.84. The van der Waals surface area contributed by atoms with E-state index in [9.17, 15) is 9.90 Å². The van der Waals surface area contributed by atoms with E-state index in [2.05, 4.69) is 15.6 Å². The number of aliphatic imine (C=N–C) groups is 1. The van der Waals surface area contributed by atoms with E-state index < -0.39 is 5.60 Å². The Morgan fingerprint density at radius 1 is 1.38 bits per heavy atom. The number of aliphatic hydroxyl groups is 1. The van der Waals surface area contributed by atoms with E-state index in [1.165, 1.54) is 0 Å². The molecule has 3 N–H and O–H groups in total. The minimum absolute atomic E-state index is 0. The summed E-state index contributed by atoms with van der Waals surface area (Å²) in [6.45, 7) is 10.2. The van der Waals surface area contributed by atoms with Crippen molar-refractivity contribution < 1.29 is 19.4 Å². The van der Waals surface area contributed by atoms with Gasteiger partial charge >= 0.3 is 6.09 Å². The van der Waals surface area contributed by atoms with Gasteiger partial charge in [-0.3, -0.25) is 4.99 Å². The van der Waals surface area contributed by atoms with Gasteiger partial charge in [0.25, 0.3) is 0 Å². The molecule has 0 saturated carbocycles. The van der Waals surface area contributed by atoms with Crippen LogP contribution in [-0.2, 0) is 9.47 Å². The zero-order valence-corrected chi connectivity index (χ0v) is 20.7. The maximum atomic E-state index is 12.3.